The highest BCUT2D eigenvalue weighted by Crippen LogP contribution is 2.45. The van der Waals surface area contributed by atoms with Crippen molar-refractivity contribution in [1.29, 1.82) is 0 Å². The van der Waals surface area contributed by atoms with Gasteiger partial charge in [-0.3, -0.25) is 37.3 Å². The number of phosphoric ester groups is 2. The smallest absolute Gasteiger partial charge is 0.462 e. The molecule has 96 heavy (non-hydrogen) atoms. The molecule has 0 radical (unpaired) electrons. The molecular weight excluding hydrogens is 1260 g/mol. The Morgan fingerprint density at radius 2 is 0.531 bits per heavy atom. The highest BCUT2D eigenvalue weighted by molar-refractivity contribution is 7.47. The van der Waals surface area contributed by atoms with E-state index in [1.807, 2.05) is 0 Å². The van der Waals surface area contributed by atoms with Crippen LogP contribution in [-0.4, -0.2) is 96.7 Å². The minimum atomic E-state index is -4.96. The van der Waals surface area contributed by atoms with Crippen LogP contribution >= 0.6 is 15.6 Å². The second-order valence-electron chi connectivity index (χ2n) is 28.5. The van der Waals surface area contributed by atoms with E-state index in [4.69, 9.17) is 37.0 Å². The molecule has 0 aromatic carbocycles. The van der Waals surface area contributed by atoms with E-state index in [1.54, 1.807) is 0 Å². The molecule has 3 unspecified atom stereocenters. The maximum atomic E-state index is 13.1. The number of rotatable bonds is 76. The lowest BCUT2D eigenvalue weighted by atomic mass is 9.99. The predicted octanol–water partition coefficient (Wildman–Crippen LogP) is 22.7. The van der Waals surface area contributed by atoms with E-state index in [1.165, 1.54) is 212 Å². The van der Waals surface area contributed by atoms with Gasteiger partial charge in [0.05, 0.1) is 26.4 Å². The van der Waals surface area contributed by atoms with Gasteiger partial charge in [0.1, 0.15) is 19.3 Å². The molecule has 19 heteroatoms. The van der Waals surface area contributed by atoms with Crippen LogP contribution in [0.5, 0.6) is 0 Å². The zero-order valence-corrected chi connectivity index (χ0v) is 64.5. The van der Waals surface area contributed by atoms with Crippen molar-refractivity contribution in [3.63, 3.8) is 0 Å². The highest BCUT2D eigenvalue weighted by Gasteiger charge is 2.30. The lowest BCUT2D eigenvalue weighted by molar-refractivity contribution is -0.161. The van der Waals surface area contributed by atoms with Crippen molar-refractivity contribution in [1.82, 2.24) is 0 Å². The molecule has 6 atom stereocenters. The van der Waals surface area contributed by atoms with Gasteiger partial charge in [-0.2, -0.15) is 0 Å². The molecule has 0 aliphatic carbocycles. The number of hydrogen-bond donors (Lipinski definition) is 3. The minimum Gasteiger partial charge on any atom is -0.462 e. The first kappa shape index (κ1) is 94.1. The standard InChI is InChI=1S/C77H150O17P2/c1-7-10-12-14-15-16-37-43-49-55-61-76(81)93-72(65-87-74(79)59-53-45-13-11-8-2)67-91-95(83,84)89-63-71(78)64-90-96(85,86)92-68-73(66-88-75(80)60-54-48-42-38-33-29-25-22-21-23-27-31-35-40-46-51-57-69(4)5)94-77(82)62-56-50-44-39-34-30-26-20-18-17-19-24-28-32-36-41-47-52-58-70(6)9-3/h69-73,78H,7-68H2,1-6H3,(H,83,84)(H,85,86)/t70?,71-,72+,73+/m0/s1. The van der Waals surface area contributed by atoms with E-state index in [9.17, 15) is 43.2 Å². The van der Waals surface area contributed by atoms with E-state index < -0.39 is 97.5 Å². The van der Waals surface area contributed by atoms with Gasteiger partial charge in [0, 0.05) is 25.7 Å². The van der Waals surface area contributed by atoms with E-state index in [0.29, 0.717) is 25.7 Å². The molecule has 0 aromatic heterocycles. The monoisotopic (exact) mass is 1410 g/mol. The Morgan fingerprint density at radius 1 is 0.302 bits per heavy atom. The summed E-state index contributed by atoms with van der Waals surface area (Å²) in [7, 11) is -9.90. The topological polar surface area (TPSA) is 237 Å². The van der Waals surface area contributed by atoms with Crippen LogP contribution in [0.1, 0.15) is 401 Å². The third-order valence-corrected chi connectivity index (χ3v) is 20.2. The zero-order chi connectivity index (χ0) is 70.7. The van der Waals surface area contributed by atoms with Crippen molar-refractivity contribution < 1.29 is 80.2 Å². The Labute approximate surface area is 588 Å². The molecule has 0 saturated carbocycles. The van der Waals surface area contributed by atoms with Gasteiger partial charge in [0.15, 0.2) is 12.2 Å². The third-order valence-electron chi connectivity index (χ3n) is 18.3. The van der Waals surface area contributed by atoms with Gasteiger partial charge in [0.2, 0.25) is 0 Å². The van der Waals surface area contributed by atoms with Gasteiger partial charge in [-0.05, 0) is 37.5 Å². The fourth-order valence-corrected chi connectivity index (χ4v) is 13.4. The minimum absolute atomic E-state index is 0.106. The molecule has 0 bridgehead atoms. The number of ether oxygens (including phenoxy) is 4. The summed E-state index contributed by atoms with van der Waals surface area (Å²) in [5.74, 6) is -0.444. The quantitative estimate of drug-likeness (QED) is 0.0222. The first-order valence-corrected chi connectivity index (χ1v) is 43.0. The van der Waals surface area contributed by atoms with Gasteiger partial charge in [0.25, 0.3) is 0 Å². The van der Waals surface area contributed by atoms with E-state index in [2.05, 4.69) is 41.5 Å². The van der Waals surface area contributed by atoms with Crippen LogP contribution < -0.4 is 0 Å². The average Bonchev–Trinajstić information content (AvgIpc) is 1.47. The first-order valence-electron chi connectivity index (χ1n) is 40.0. The number of carbonyl (C=O) groups excluding carboxylic acids is 4. The largest absolute Gasteiger partial charge is 0.472 e. The van der Waals surface area contributed by atoms with Gasteiger partial charge in [-0.15, -0.1) is 0 Å². The van der Waals surface area contributed by atoms with Crippen molar-refractivity contribution in [3.05, 3.63) is 0 Å². The van der Waals surface area contributed by atoms with Crippen molar-refractivity contribution in [2.45, 2.75) is 419 Å². The van der Waals surface area contributed by atoms with Crippen molar-refractivity contribution in [3.8, 4) is 0 Å². The third kappa shape index (κ3) is 69.2. The fourth-order valence-electron chi connectivity index (χ4n) is 11.8. The molecule has 0 rings (SSSR count). The number of aliphatic hydroxyl groups is 1. The van der Waals surface area contributed by atoms with Crippen LogP contribution in [-0.2, 0) is 65.4 Å². The number of aliphatic hydroxyl groups excluding tert-OH is 1. The van der Waals surface area contributed by atoms with E-state index >= 15 is 0 Å². The first-order chi connectivity index (χ1) is 46.4. The normalized spacial score (nSPS) is 14.3. The van der Waals surface area contributed by atoms with Gasteiger partial charge < -0.3 is 33.8 Å². The van der Waals surface area contributed by atoms with Crippen molar-refractivity contribution in [2.24, 2.45) is 11.8 Å². The number of hydrogen-bond acceptors (Lipinski definition) is 15. The molecule has 0 aromatic rings. The number of esters is 4. The molecule has 17 nitrogen and oxygen atoms in total. The van der Waals surface area contributed by atoms with Gasteiger partial charge in [-0.1, -0.05) is 350 Å². The van der Waals surface area contributed by atoms with Crippen LogP contribution in [0.3, 0.4) is 0 Å². The summed E-state index contributed by atoms with van der Waals surface area (Å²) >= 11 is 0. The molecule has 570 valence electrons. The summed E-state index contributed by atoms with van der Waals surface area (Å²) in [5.41, 5.74) is 0. The molecule has 0 amide bonds. The highest BCUT2D eigenvalue weighted by atomic mass is 31.2. The van der Waals surface area contributed by atoms with E-state index in [-0.39, 0.29) is 25.7 Å². The summed E-state index contributed by atoms with van der Waals surface area (Å²) < 4.78 is 68.2. The van der Waals surface area contributed by atoms with Crippen molar-refractivity contribution >= 4 is 39.5 Å². The molecule has 0 aliphatic rings. The Balaban J connectivity index is 5.10. The average molecular weight is 1410 g/mol. The summed E-state index contributed by atoms with van der Waals surface area (Å²) in [5, 5.41) is 10.6. The van der Waals surface area contributed by atoms with Crippen molar-refractivity contribution in [2.75, 3.05) is 39.6 Å². The van der Waals surface area contributed by atoms with Crippen LogP contribution in [0.2, 0.25) is 0 Å². The fraction of sp³-hybridized carbons (Fsp3) is 0.948. The molecule has 3 N–H and O–H groups in total. The zero-order valence-electron chi connectivity index (χ0n) is 62.7. The molecule has 0 heterocycles. The maximum absolute atomic E-state index is 13.1. The summed E-state index contributed by atoms with van der Waals surface area (Å²) in [4.78, 5) is 72.5. The molecular formula is C77H150O17P2. The Bertz CT molecular complexity index is 1860. The summed E-state index contributed by atoms with van der Waals surface area (Å²) in [6.45, 7) is 9.60. The molecule has 0 spiro atoms. The van der Waals surface area contributed by atoms with E-state index in [0.717, 1.165) is 108 Å². The lowest BCUT2D eigenvalue weighted by Gasteiger charge is -2.21. The SMILES string of the molecule is CCCCCCCCCCCCC(=O)O[C@H](COC(=O)CCCCCCC)COP(=O)(O)OC[C@H](O)COP(=O)(O)OC[C@@H](COC(=O)CCCCCCCCCCCCCCCCCCC(C)C)OC(=O)CCCCCCCCCCCCCCCCCCCCC(C)CC. The van der Waals surface area contributed by atoms with Crippen LogP contribution in [0.4, 0.5) is 0 Å². The number of unbranched alkanes of at least 4 members (excludes halogenated alkanes) is 45. The van der Waals surface area contributed by atoms with Gasteiger partial charge >= 0.3 is 39.5 Å². The Kier molecular flexibility index (Phi) is 67.4. The second-order valence-corrected chi connectivity index (χ2v) is 31.4. The van der Waals surface area contributed by atoms with Crippen LogP contribution in [0.15, 0.2) is 0 Å². The Morgan fingerprint density at radius 3 is 0.792 bits per heavy atom. The van der Waals surface area contributed by atoms with Crippen LogP contribution in [0.25, 0.3) is 0 Å². The summed E-state index contributed by atoms with van der Waals surface area (Å²) in [6, 6.07) is 0. The number of phosphoric acid groups is 2. The predicted molar refractivity (Wildman–Crippen MR) is 391 cm³/mol. The second kappa shape index (κ2) is 68.8. The summed E-state index contributed by atoms with van der Waals surface area (Å²) in [6.07, 6.45) is 57.4. The lowest BCUT2D eigenvalue weighted by Crippen LogP contribution is -2.30. The van der Waals surface area contributed by atoms with Gasteiger partial charge in [-0.25, -0.2) is 9.13 Å². The molecule has 0 fully saturated rings. The Hall–Kier alpha value is -1.94. The molecule has 0 aliphatic heterocycles. The number of carbonyl (C=O) groups is 4. The molecule has 0 saturated heterocycles. The van der Waals surface area contributed by atoms with Crippen LogP contribution in [0, 0.1) is 11.8 Å². The maximum Gasteiger partial charge on any atom is 0.472 e.